The number of fused-ring (bicyclic) bond motifs is 1. The van der Waals surface area contributed by atoms with E-state index in [0.29, 0.717) is 12.8 Å². The number of rotatable bonds is 3. The number of hydrogen-bond acceptors (Lipinski definition) is 5. The molecule has 1 saturated heterocycles. The van der Waals surface area contributed by atoms with E-state index in [1.165, 1.54) is 0 Å². The van der Waals surface area contributed by atoms with Crippen LogP contribution in [0.2, 0.25) is 0 Å². The van der Waals surface area contributed by atoms with Gasteiger partial charge in [-0.3, -0.25) is 9.78 Å². The van der Waals surface area contributed by atoms with E-state index in [2.05, 4.69) is 4.98 Å². The van der Waals surface area contributed by atoms with Crippen LogP contribution in [0.3, 0.4) is 0 Å². The monoisotopic (exact) mass is 358 g/mol. The minimum atomic E-state index is -4.27. The Morgan fingerprint density at radius 3 is 2.79 bits per heavy atom. The van der Waals surface area contributed by atoms with Crippen molar-refractivity contribution < 1.29 is 27.1 Å². The van der Waals surface area contributed by atoms with Crippen LogP contribution in [0.5, 0.6) is 0 Å². The number of oxazole rings is 1. The van der Waals surface area contributed by atoms with Crippen LogP contribution >= 0.6 is 0 Å². The van der Waals surface area contributed by atoms with Crippen molar-refractivity contribution in [2.45, 2.75) is 30.7 Å². The van der Waals surface area contributed by atoms with Crippen molar-refractivity contribution >= 4 is 27.1 Å². The predicted molar refractivity (Wildman–Crippen MR) is 80.5 cm³/mol. The van der Waals surface area contributed by atoms with Crippen molar-refractivity contribution in [1.29, 1.82) is 0 Å². The third-order valence-corrected chi connectivity index (χ3v) is 6.23. The molecule has 1 aromatic heterocycles. The molecule has 2 heterocycles. The van der Waals surface area contributed by atoms with Gasteiger partial charge in [-0.15, -0.1) is 0 Å². The lowest BCUT2D eigenvalue weighted by Gasteiger charge is -2.35. The Balaban J connectivity index is 2.07. The van der Waals surface area contributed by atoms with Crippen molar-refractivity contribution in [3.05, 3.63) is 28.5 Å². The minimum absolute atomic E-state index is 0.0477. The van der Waals surface area contributed by atoms with Gasteiger partial charge in [-0.05, 0) is 19.8 Å². The number of sulfonamides is 1. The summed E-state index contributed by atoms with van der Waals surface area (Å²) in [6.45, 7) is 1.41. The van der Waals surface area contributed by atoms with E-state index in [9.17, 15) is 22.4 Å². The molecule has 2 unspecified atom stereocenters. The number of carboxylic acid groups (broad SMARTS) is 1. The van der Waals surface area contributed by atoms with Crippen molar-refractivity contribution in [3.8, 4) is 0 Å². The lowest BCUT2D eigenvalue weighted by atomic mass is 9.96. The quantitative estimate of drug-likeness (QED) is 0.848. The molecule has 8 nitrogen and oxygen atoms in total. The van der Waals surface area contributed by atoms with Crippen LogP contribution in [0.1, 0.15) is 19.8 Å². The van der Waals surface area contributed by atoms with E-state index in [1.807, 2.05) is 0 Å². The summed E-state index contributed by atoms with van der Waals surface area (Å²) in [5, 5.41) is 9.13. The van der Waals surface area contributed by atoms with Gasteiger partial charge in [0, 0.05) is 24.7 Å². The first-order valence-corrected chi connectivity index (χ1v) is 8.71. The molecule has 0 amide bonds. The first-order chi connectivity index (χ1) is 11.2. The van der Waals surface area contributed by atoms with Crippen LogP contribution in [0.4, 0.5) is 4.39 Å². The Labute approximate surface area is 135 Å². The highest BCUT2D eigenvalue weighted by molar-refractivity contribution is 7.89. The summed E-state index contributed by atoms with van der Waals surface area (Å²) in [5.74, 6) is -3.79. The molecule has 24 heavy (non-hydrogen) atoms. The maximum Gasteiger partial charge on any atom is 0.417 e. The number of carboxylic acids is 1. The third kappa shape index (κ3) is 2.71. The van der Waals surface area contributed by atoms with Gasteiger partial charge in [0.1, 0.15) is 10.7 Å². The number of nitrogens with zero attached hydrogens (tertiary/aromatic N) is 1. The maximum absolute atomic E-state index is 14.3. The van der Waals surface area contributed by atoms with Gasteiger partial charge in [-0.1, -0.05) is 0 Å². The Morgan fingerprint density at radius 2 is 2.12 bits per heavy atom. The fourth-order valence-corrected chi connectivity index (χ4v) is 4.66. The molecule has 3 rings (SSSR count). The van der Waals surface area contributed by atoms with Gasteiger partial charge >= 0.3 is 11.7 Å². The second kappa shape index (κ2) is 5.71. The van der Waals surface area contributed by atoms with Crippen molar-refractivity contribution in [2.24, 2.45) is 5.92 Å². The first-order valence-electron chi connectivity index (χ1n) is 7.27. The third-order valence-electron chi connectivity index (χ3n) is 4.23. The van der Waals surface area contributed by atoms with Crippen LogP contribution < -0.4 is 5.76 Å². The van der Waals surface area contributed by atoms with Crippen molar-refractivity contribution in [1.82, 2.24) is 9.29 Å². The molecule has 1 fully saturated rings. The van der Waals surface area contributed by atoms with Crippen LogP contribution in [-0.2, 0) is 14.8 Å². The number of halogens is 1. The van der Waals surface area contributed by atoms with Crippen LogP contribution in [0, 0.1) is 11.7 Å². The number of piperidine rings is 1. The van der Waals surface area contributed by atoms with Gasteiger partial charge in [0.25, 0.3) is 0 Å². The lowest BCUT2D eigenvalue weighted by molar-refractivity contribution is -0.143. The number of H-pyrrole nitrogens is 1. The molecule has 0 spiro atoms. The average Bonchev–Trinajstić information content (AvgIpc) is 2.85. The standard InChI is InChI=1S/C14H15FN2O6S/c1-7-2-3-8(13(18)19)6-17(7)24(21,22)12-5-11-10(4-9(12)15)16-14(20)23-11/h4-5,7-8H,2-3,6H2,1H3,(H,16,20)(H,18,19). The molecule has 2 atom stereocenters. The zero-order valence-electron chi connectivity index (χ0n) is 12.7. The Bertz CT molecular complexity index is 963. The number of hydrogen-bond donors (Lipinski definition) is 2. The second-order valence-corrected chi connectivity index (χ2v) is 7.69. The van der Waals surface area contributed by atoms with E-state index in [1.54, 1.807) is 6.92 Å². The number of aliphatic carboxylic acids is 1. The van der Waals surface area contributed by atoms with E-state index in [0.717, 1.165) is 16.4 Å². The van der Waals surface area contributed by atoms with E-state index >= 15 is 0 Å². The molecule has 1 aliphatic heterocycles. The first kappa shape index (κ1) is 16.7. The van der Waals surface area contributed by atoms with Crippen LogP contribution in [0.25, 0.3) is 11.1 Å². The highest BCUT2D eigenvalue weighted by Crippen LogP contribution is 2.30. The fraction of sp³-hybridized carbons (Fsp3) is 0.429. The average molecular weight is 358 g/mol. The molecule has 0 saturated carbocycles. The Morgan fingerprint density at radius 1 is 1.42 bits per heavy atom. The molecule has 1 aliphatic rings. The molecular weight excluding hydrogens is 343 g/mol. The van der Waals surface area contributed by atoms with Crippen molar-refractivity contribution in [3.63, 3.8) is 0 Å². The molecule has 0 radical (unpaired) electrons. The topological polar surface area (TPSA) is 121 Å². The zero-order valence-corrected chi connectivity index (χ0v) is 13.5. The normalized spacial score (nSPS) is 22.8. The highest BCUT2D eigenvalue weighted by Gasteiger charge is 2.38. The second-order valence-electron chi connectivity index (χ2n) is 5.83. The van der Waals surface area contributed by atoms with Gasteiger partial charge in [0.05, 0.1) is 11.4 Å². The number of carbonyl (C=O) groups is 1. The summed E-state index contributed by atoms with van der Waals surface area (Å²) in [6, 6.07) is 1.35. The summed E-state index contributed by atoms with van der Waals surface area (Å²) in [7, 11) is -4.27. The smallest absolute Gasteiger partial charge is 0.417 e. The summed E-state index contributed by atoms with van der Waals surface area (Å²) >= 11 is 0. The number of aromatic amines is 1. The fourth-order valence-electron chi connectivity index (χ4n) is 2.89. The maximum atomic E-state index is 14.3. The molecule has 1 aromatic carbocycles. The molecule has 2 N–H and O–H groups in total. The van der Waals surface area contributed by atoms with Crippen LogP contribution in [0.15, 0.2) is 26.2 Å². The van der Waals surface area contributed by atoms with Gasteiger partial charge in [0.15, 0.2) is 5.58 Å². The Hall–Kier alpha value is -2.20. The largest absolute Gasteiger partial charge is 0.481 e. The summed E-state index contributed by atoms with van der Waals surface area (Å²) in [6.07, 6.45) is 0.718. The summed E-state index contributed by atoms with van der Waals surface area (Å²) in [4.78, 5) is 23.9. The molecule has 130 valence electrons. The van der Waals surface area contributed by atoms with E-state index in [4.69, 9.17) is 9.52 Å². The van der Waals surface area contributed by atoms with Crippen LogP contribution in [-0.4, -0.2) is 41.4 Å². The van der Waals surface area contributed by atoms with Gasteiger partial charge in [0.2, 0.25) is 10.0 Å². The minimum Gasteiger partial charge on any atom is -0.481 e. The van der Waals surface area contributed by atoms with E-state index < -0.39 is 44.4 Å². The van der Waals surface area contributed by atoms with Crippen molar-refractivity contribution in [2.75, 3.05) is 6.54 Å². The number of aromatic nitrogens is 1. The summed E-state index contributed by atoms with van der Waals surface area (Å²) < 4.78 is 45.6. The van der Waals surface area contributed by atoms with E-state index in [-0.39, 0.29) is 17.6 Å². The predicted octanol–water partition coefficient (Wildman–Crippen LogP) is 1.13. The van der Waals surface area contributed by atoms with Gasteiger partial charge < -0.3 is 9.52 Å². The Kier molecular flexibility index (Phi) is 3.96. The molecular formula is C14H15FN2O6S. The molecule has 10 heteroatoms. The number of benzene rings is 1. The lowest BCUT2D eigenvalue weighted by Crippen LogP contribution is -2.47. The summed E-state index contributed by atoms with van der Waals surface area (Å²) in [5.41, 5.74) is -0.0361. The highest BCUT2D eigenvalue weighted by atomic mass is 32.2. The van der Waals surface area contributed by atoms with Gasteiger partial charge in [-0.25, -0.2) is 17.6 Å². The number of nitrogens with one attached hydrogen (secondary N) is 1. The zero-order chi connectivity index (χ0) is 17.6. The molecule has 0 aliphatic carbocycles. The molecule has 2 aromatic rings. The molecule has 0 bridgehead atoms. The SMILES string of the molecule is CC1CCC(C(=O)O)CN1S(=O)(=O)c1cc2oc(=O)[nH]c2cc1F. The van der Waals surface area contributed by atoms with Gasteiger partial charge in [-0.2, -0.15) is 4.31 Å².